The van der Waals surface area contributed by atoms with Crippen molar-refractivity contribution in [3.05, 3.63) is 0 Å². The lowest BCUT2D eigenvalue weighted by Crippen LogP contribution is -2.66. The van der Waals surface area contributed by atoms with Crippen LogP contribution in [0, 0.1) is 0 Å². The van der Waals surface area contributed by atoms with Gasteiger partial charge in [0, 0.05) is 34.8 Å². The van der Waals surface area contributed by atoms with Crippen LogP contribution in [-0.4, -0.2) is 121 Å². The number of hydrogen-bond donors (Lipinski definition) is 3. The molecule has 0 aromatic rings. The molecule has 15 nitrogen and oxygen atoms in total. The Kier molecular flexibility index (Phi) is 11.0. The SMILES string of the molecule is COC1OC(CO)C(O)C(OC2OC(COC(C)=O)C(OC(C)=O)C(OC(C)=O)C2OC(C)=O)C1O. The second kappa shape index (κ2) is 13.2. The van der Waals surface area contributed by atoms with Crippen LogP contribution in [0.1, 0.15) is 27.7 Å². The third kappa shape index (κ3) is 7.55. The highest BCUT2D eigenvalue weighted by Crippen LogP contribution is 2.33. The van der Waals surface area contributed by atoms with E-state index in [0.29, 0.717) is 0 Å². The molecule has 2 fully saturated rings. The molecule has 0 amide bonds. The maximum absolute atomic E-state index is 11.9. The Bertz CT molecular complexity index is 771. The molecular weight excluding hydrogens is 492 g/mol. The zero-order chi connectivity index (χ0) is 27.2. The van der Waals surface area contributed by atoms with Crippen LogP contribution in [0.2, 0.25) is 0 Å². The maximum atomic E-state index is 11.9. The highest BCUT2D eigenvalue weighted by atomic mass is 16.8. The molecule has 2 saturated heterocycles. The van der Waals surface area contributed by atoms with E-state index in [9.17, 15) is 34.5 Å². The van der Waals surface area contributed by atoms with E-state index < -0.39 is 98.5 Å². The van der Waals surface area contributed by atoms with Gasteiger partial charge >= 0.3 is 23.9 Å². The van der Waals surface area contributed by atoms with Crippen LogP contribution in [0.3, 0.4) is 0 Å². The van der Waals surface area contributed by atoms with Gasteiger partial charge in [-0.3, -0.25) is 19.2 Å². The first-order valence-corrected chi connectivity index (χ1v) is 11.0. The fourth-order valence-corrected chi connectivity index (χ4v) is 3.86. The summed E-state index contributed by atoms with van der Waals surface area (Å²) < 4.78 is 42.7. The van der Waals surface area contributed by atoms with Gasteiger partial charge in [-0.2, -0.15) is 0 Å². The number of esters is 4. The molecule has 2 aliphatic heterocycles. The zero-order valence-electron chi connectivity index (χ0n) is 20.4. The Morgan fingerprint density at radius 1 is 0.694 bits per heavy atom. The predicted molar refractivity (Wildman–Crippen MR) is 112 cm³/mol. The average Bonchev–Trinajstić information content (AvgIpc) is 2.78. The van der Waals surface area contributed by atoms with Crippen molar-refractivity contribution in [2.45, 2.75) is 89.1 Å². The first-order chi connectivity index (χ1) is 16.9. The molecule has 0 spiro atoms. The van der Waals surface area contributed by atoms with Crippen molar-refractivity contribution in [1.29, 1.82) is 0 Å². The van der Waals surface area contributed by atoms with E-state index in [1.165, 1.54) is 7.11 Å². The van der Waals surface area contributed by atoms with Crippen LogP contribution >= 0.6 is 0 Å². The lowest BCUT2D eigenvalue weighted by molar-refractivity contribution is -0.359. The highest BCUT2D eigenvalue weighted by Gasteiger charge is 2.55. The van der Waals surface area contributed by atoms with E-state index >= 15 is 0 Å². The Balaban J connectivity index is 2.48. The molecule has 10 unspecified atom stereocenters. The van der Waals surface area contributed by atoms with E-state index in [2.05, 4.69) is 0 Å². The number of methoxy groups -OCH3 is 1. The van der Waals surface area contributed by atoms with Gasteiger partial charge in [0.1, 0.15) is 37.1 Å². The minimum absolute atomic E-state index is 0.490. The molecule has 2 aliphatic rings. The van der Waals surface area contributed by atoms with Gasteiger partial charge in [-0.1, -0.05) is 0 Å². The zero-order valence-corrected chi connectivity index (χ0v) is 20.4. The predicted octanol–water partition coefficient (Wildman–Crippen LogP) is -2.46. The first kappa shape index (κ1) is 29.8. The molecule has 0 aromatic carbocycles. The van der Waals surface area contributed by atoms with Crippen molar-refractivity contribution < 1.29 is 72.4 Å². The van der Waals surface area contributed by atoms with Gasteiger partial charge in [0.15, 0.2) is 30.9 Å². The summed E-state index contributed by atoms with van der Waals surface area (Å²) in [7, 11) is 1.21. The van der Waals surface area contributed by atoms with Crippen LogP contribution < -0.4 is 0 Å². The van der Waals surface area contributed by atoms with E-state index in [1.807, 2.05) is 0 Å². The van der Waals surface area contributed by atoms with Gasteiger partial charge < -0.3 is 53.2 Å². The van der Waals surface area contributed by atoms with Gasteiger partial charge in [0.05, 0.1) is 6.61 Å². The molecule has 0 aromatic heterocycles. The minimum Gasteiger partial charge on any atom is -0.463 e. The molecule has 15 heteroatoms. The van der Waals surface area contributed by atoms with Crippen molar-refractivity contribution in [2.24, 2.45) is 0 Å². The molecule has 0 aliphatic carbocycles. The normalized spacial score (nSPS) is 36.4. The Morgan fingerprint density at radius 3 is 1.72 bits per heavy atom. The Hall–Kier alpha value is -2.40. The number of carbonyl (C=O) groups excluding carboxylic acids is 4. The molecule has 0 bridgehead atoms. The van der Waals surface area contributed by atoms with Crippen LogP contribution in [0.25, 0.3) is 0 Å². The molecular formula is C21H32O15. The smallest absolute Gasteiger partial charge is 0.303 e. The van der Waals surface area contributed by atoms with Gasteiger partial charge in [-0.15, -0.1) is 0 Å². The Morgan fingerprint density at radius 2 is 1.22 bits per heavy atom. The second-order valence-corrected chi connectivity index (χ2v) is 8.11. The van der Waals surface area contributed by atoms with Gasteiger partial charge in [0.25, 0.3) is 0 Å². The van der Waals surface area contributed by atoms with Crippen LogP contribution in [-0.2, 0) is 57.1 Å². The number of aliphatic hydroxyl groups is 3. The van der Waals surface area contributed by atoms with E-state index in [1.54, 1.807) is 0 Å². The lowest BCUT2D eigenvalue weighted by Gasteiger charge is -2.47. The summed E-state index contributed by atoms with van der Waals surface area (Å²) in [6, 6.07) is 0. The van der Waals surface area contributed by atoms with Crippen LogP contribution in [0.4, 0.5) is 0 Å². The molecule has 10 atom stereocenters. The molecule has 2 rings (SSSR count). The second-order valence-electron chi connectivity index (χ2n) is 8.11. The summed E-state index contributed by atoms with van der Waals surface area (Å²) in [4.78, 5) is 47.0. The molecule has 0 radical (unpaired) electrons. The summed E-state index contributed by atoms with van der Waals surface area (Å²) >= 11 is 0. The van der Waals surface area contributed by atoms with Crippen molar-refractivity contribution in [3.63, 3.8) is 0 Å². The third-order valence-corrected chi connectivity index (χ3v) is 5.29. The van der Waals surface area contributed by atoms with Crippen LogP contribution in [0.15, 0.2) is 0 Å². The van der Waals surface area contributed by atoms with Crippen molar-refractivity contribution in [1.82, 2.24) is 0 Å². The summed E-state index contributed by atoms with van der Waals surface area (Å²) in [5, 5.41) is 30.8. The topological polar surface area (TPSA) is 203 Å². The highest BCUT2D eigenvalue weighted by molar-refractivity contribution is 5.68. The monoisotopic (exact) mass is 524 g/mol. The van der Waals surface area contributed by atoms with Crippen molar-refractivity contribution >= 4 is 23.9 Å². The molecule has 2 heterocycles. The van der Waals surface area contributed by atoms with E-state index in [4.69, 9.17) is 37.9 Å². The number of carbonyl (C=O) groups is 4. The molecule has 36 heavy (non-hydrogen) atoms. The van der Waals surface area contributed by atoms with Crippen molar-refractivity contribution in [2.75, 3.05) is 20.3 Å². The molecule has 0 saturated carbocycles. The summed E-state index contributed by atoms with van der Waals surface area (Å²) in [5.74, 6) is -3.20. The van der Waals surface area contributed by atoms with Gasteiger partial charge in [0.2, 0.25) is 0 Å². The number of aliphatic hydroxyl groups excluding tert-OH is 3. The number of rotatable bonds is 9. The maximum Gasteiger partial charge on any atom is 0.303 e. The van der Waals surface area contributed by atoms with Gasteiger partial charge in [-0.05, 0) is 0 Å². The third-order valence-electron chi connectivity index (χ3n) is 5.29. The molecule has 206 valence electrons. The lowest BCUT2D eigenvalue weighted by atomic mass is 9.96. The summed E-state index contributed by atoms with van der Waals surface area (Å²) in [5.41, 5.74) is 0. The Labute approximate surface area is 206 Å². The number of hydrogen-bond acceptors (Lipinski definition) is 15. The number of ether oxygens (including phenoxy) is 8. The van der Waals surface area contributed by atoms with E-state index in [-0.39, 0.29) is 0 Å². The summed E-state index contributed by atoms with van der Waals surface area (Å²) in [6.45, 7) is 3.16. The van der Waals surface area contributed by atoms with E-state index in [0.717, 1.165) is 27.7 Å². The fourth-order valence-electron chi connectivity index (χ4n) is 3.86. The largest absolute Gasteiger partial charge is 0.463 e. The van der Waals surface area contributed by atoms with Gasteiger partial charge in [-0.25, -0.2) is 0 Å². The fraction of sp³-hybridized carbons (Fsp3) is 0.810. The quantitative estimate of drug-likeness (QED) is 0.211. The minimum atomic E-state index is -1.66. The average molecular weight is 524 g/mol. The molecule has 3 N–H and O–H groups in total. The summed E-state index contributed by atoms with van der Waals surface area (Å²) in [6.07, 6.45) is -14.7. The van der Waals surface area contributed by atoms with Crippen LogP contribution in [0.5, 0.6) is 0 Å². The van der Waals surface area contributed by atoms with Crippen molar-refractivity contribution in [3.8, 4) is 0 Å². The first-order valence-electron chi connectivity index (χ1n) is 11.0. The standard InChI is InChI=1S/C21H32O15/c1-8(23)30-7-13-16(31-9(2)24)18(32-10(3)25)19(33-11(4)26)21(35-13)36-17-14(27)12(6-22)34-20(29-5)15(17)28/h12-22,27-28H,6-7H2,1-5H3.